The van der Waals surface area contributed by atoms with Crippen LogP contribution in [0.4, 0.5) is 0 Å². The smallest absolute Gasteiger partial charge is 0.162 e. The second kappa shape index (κ2) is 9.18. The van der Waals surface area contributed by atoms with Crippen LogP contribution in [0.3, 0.4) is 0 Å². The predicted octanol–water partition coefficient (Wildman–Crippen LogP) is 6.89. The Hall–Kier alpha value is -2.47. The third kappa shape index (κ3) is 4.01. The molecule has 0 spiro atoms. The first kappa shape index (κ1) is 22.7. The summed E-state index contributed by atoms with van der Waals surface area (Å²) in [6.07, 6.45) is 2.92. The molecule has 0 unspecified atom stereocenters. The van der Waals surface area contributed by atoms with Gasteiger partial charge in [-0.1, -0.05) is 86.5 Å². The summed E-state index contributed by atoms with van der Waals surface area (Å²) in [7, 11) is 1.91. The summed E-state index contributed by atoms with van der Waals surface area (Å²) in [6.45, 7) is 8.35. The van der Waals surface area contributed by atoms with Crippen LogP contribution in [0.1, 0.15) is 37.1 Å². The Labute approximate surface area is 204 Å². The number of rotatable bonds is 6. The van der Waals surface area contributed by atoms with Gasteiger partial charge in [0.15, 0.2) is 10.8 Å². The van der Waals surface area contributed by atoms with Gasteiger partial charge in [0, 0.05) is 23.2 Å². The molecule has 0 aliphatic carbocycles. The Bertz CT molecular complexity index is 1240. The Morgan fingerprint density at radius 2 is 1.78 bits per heavy atom. The van der Waals surface area contributed by atoms with Gasteiger partial charge in [-0.15, -0.1) is 0 Å². The normalized spacial score (nSPS) is 13.8. The third-order valence-corrected chi connectivity index (χ3v) is 6.49. The minimum absolute atomic E-state index is 0.481. The molecule has 0 atom stereocenters. The van der Waals surface area contributed by atoms with Gasteiger partial charge in [-0.2, -0.15) is 5.10 Å². The standard InChI is InChI=1S/C25H24Cl2N4S/c1-5-7-16-8-10-17(11-9-16)23-19(6-2)22(24-28-25(32)15(3)30(24)4)29-31(23)21-13-12-18(26)14-20(21)27/h8-14H,3,5-7H2,1-2,4H3. The molecule has 0 N–H and O–H groups in total. The lowest BCUT2D eigenvalue weighted by molar-refractivity contribution is 0.675. The molecule has 4 rings (SSSR count). The number of nitrogens with zero attached hydrogens (tertiary/aromatic N) is 4. The van der Waals surface area contributed by atoms with E-state index in [9.17, 15) is 0 Å². The van der Waals surface area contributed by atoms with Crippen molar-refractivity contribution in [3.05, 3.63) is 81.6 Å². The molecule has 0 radical (unpaired) electrons. The molecule has 32 heavy (non-hydrogen) atoms. The van der Waals surface area contributed by atoms with Crippen LogP contribution in [0.2, 0.25) is 10.0 Å². The van der Waals surface area contributed by atoms with Crippen LogP contribution in [0.25, 0.3) is 16.9 Å². The van der Waals surface area contributed by atoms with Crippen LogP contribution in [-0.4, -0.2) is 32.6 Å². The molecular weight excluding hydrogens is 459 g/mol. The molecule has 0 bridgehead atoms. The lowest BCUT2D eigenvalue weighted by Crippen LogP contribution is -2.23. The molecule has 7 heteroatoms. The van der Waals surface area contributed by atoms with E-state index < -0.39 is 0 Å². The second-order valence-electron chi connectivity index (χ2n) is 7.73. The zero-order valence-corrected chi connectivity index (χ0v) is 20.7. The molecule has 4 nitrogen and oxygen atoms in total. The molecule has 3 aromatic rings. The van der Waals surface area contributed by atoms with Crippen molar-refractivity contribution in [1.82, 2.24) is 14.7 Å². The van der Waals surface area contributed by atoms with Crippen LogP contribution < -0.4 is 0 Å². The number of aryl methyl sites for hydroxylation is 1. The van der Waals surface area contributed by atoms with Crippen molar-refractivity contribution < 1.29 is 0 Å². The van der Waals surface area contributed by atoms with Gasteiger partial charge < -0.3 is 4.90 Å². The van der Waals surface area contributed by atoms with Gasteiger partial charge in [0.05, 0.1) is 22.1 Å². The number of aliphatic imine (C=N–C) groups is 1. The number of halogens is 2. The largest absolute Gasteiger partial charge is 0.325 e. The van der Waals surface area contributed by atoms with Crippen molar-refractivity contribution in [2.45, 2.75) is 33.1 Å². The molecule has 2 aromatic carbocycles. The molecular formula is C25H24Cl2N4S. The van der Waals surface area contributed by atoms with Crippen molar-refractivity contribution in [1.29, 1.82) is 0 Å². The average molecular weight is 483 g/mol. The summed E-state index contributed by atoms with van der Waals surface area (Å²) in [6, 6.07) is 14.1. The first-order valence-corrected chi connectivity index (χ1v) is 11.7. The van der Waals surface area contributed by atoms with Gasteiger partial charge in [-0.3, -0.25) is 0 Å². The highest BCUT2D eigenvalue weighted by Crippen LogP contribution is 2.35. The Morgan fingerprint density at radius 1 is 1.06 bits per heavy atom. The van der Waals surface area contributed by atoms with E-state index in [1.807, 2.05) is 28.8 Å². The summed E-state index contributed by atoms with van der Waals surface area (Å²) < 4.78 is 1.89. The molecule has 0 amide bonds. The van der Waals surface area contributed by atoms with E-state index >= 15 is 0 Å². The minimum Gasteiger partial charge on any atom is -0.325 e. The maximum Gasteiger partial charge on any atom is 0.162 e. The molecule has 0 fully saturated rings. The number of hydrogen-bond acceptors (Lipinski definition) is 3. The molecule has 1 aromatic heterocycles. The minimum atomic E-state index is 0.481. The van der Waals surface area contributed by atoms with Gasteiger partial charge in [0.1, 0.15) is 5.69 Å². The fraction of sp³-hybridized carbons (Fsp3) is 0.240. The van der Waals surface area contributed by atoms with E-state index in [0.717, 1.165) is 47.5 Å². The lowest BCUT2D eigenvalue weighted by Gasteiger charge is -2.14. The summed E-state index contributed by atoms with van der Waals surface area (Å²) >= 11 is 18.1. The third-order valence-electron chi connectivity index (χ3n) is 5.63. The van der Waals surface area contributed by atoms with Gasteiger partial charge in [-0.25, -0.2) is 9.67 Å². The van der Waals surface area contributed by atoms with E-state index in [-0.39, 0.29) is 0 Å². The van der Waals surface area contributed by atoms with Crippen LogP contribution in [0.15, 0.2) is 59.7 Å². The van der Waals surface area contributed by atoms with Gasteiger partial charge in [0.2, 0.25) is 0 Å². The maximum atomic E-state index is 6.61. The van der Waals surface area contributed by atoms with Crippen LogP contribution in [0, 0.1) is 0 Å². The Kier molecular flexibility index (Phi) is 6.52. The number of thiocarbonyl (C=S) groups is 1. The summed E-state index contributed by atoms with van der Waals surface area (Å²) in [5, 5.41) is 6.10. The highest BCUT2D eigenvalue weighted by molar-refractivity contribution is 7.80. The molecule has 2 heterocycles. The molecule has 1 aliphatic heterocycles. The Morgan fingerprint density at radius 3 is 2.34 bits per heavy atom. The first-order valence-electron chi connectivity index (χ1n) is 10.6. The van der Waals surface area contributed by atoms with Crippen molar-refractivity contribution in [2.75, 3.05) is 7.05 Å². The van der Waals surface area contributed by atoms with Crippen molar-refractivity contribution in [2.24, 2.45) is 4.99 Å². The van der Waals surface area contributed by atoms with E-state index in [4.69, 9.17) is 40.5 Å². The Balaban J connectivity index is 1.97. The molecule has 0 saturated carbocycles. The fourth-order valence-electron chi connectivity index (χ4n) is 3.93. The van der Waals surface area contributed by atoms with Crippen LogP contribution in [-0.2, 0) is 12.8 Å². The summed E-state index contributed by atoms with van der Waals surface area (Å²) in [4.78, 5) is 6.97. The number of likely N-dealkylation sites (N-methyl/N-ethyl adjacent to an activating group) is 1. The average Bonchev–Trinajstić information content (AvgIpc) is 3.27. The van der Waals surface area contributed by atoms with Crippen molar-refractivity contribution in [3.8, 4) is 16.9 Å². The first-order chi connectivity index (χ1) is 15.3. The summed E-state index contributed by atoms with van der Waals surface area (Å²) in [5.74, 6) is 0.699. The maximum absolute atomic E-state index is 6.61. The fourth-order valence-corrected chi connectivity index (χ4v) is 4.64. The molecule has 0 saturated heterocycles. The van der Waals surface area contributed by atoms with Gasteiger partial charge in [0.25, 0.3) is 0 Å². The van der Waals surface area contributed by atoms with Gasteiger partial charge >= 0.3 is 0 Å². The zero-order valence-electron chi connectivity index (χ0n) is 18.3. The van der Waals surface area contributed by atoms with Gasteiger partial charge in [-0.05, 0) is 36.6 Å². The second-order valence-corrected chi connectivity index (χ2v) is 8.96. The van der Waals surface area contributed by atoms with E-state index in [0.29, 0.717) is 26.6 Å². The quantitative estimate of drug-likeness (QED) is 0.283. The molecule has 1 aliphatic rings. The number of amidine groups is 1. The van der Waals surface area contributed by atoms with Crippen molar-refractivity contribution >= 4 is 46.2 Å². The topological polar surface area (TPSA) is 33.4 Å². The summed E-state index contributed by atoms with van der Waals surface area (Å²) in [5.41, 5.74) is 6.65. The van der Waals surface area contributed by atoms with Crippen LogP contribution >= 0.6 is 35.4 Å². The SMILES string of the molecule is C=C1C(=S)N=C(c2nn(-c3ccc(Cl)cc3Cl)c(-c3ccc(CCC)cc3)c2CC)N1C. The van der Waals surface area contributed by atoms with E-state index in [1.165, 1.54) is 5.56 Å². The number of benzene rings is 2. The predicted molar refractivity (Wildman–Crippen MR) is 138 cm³/mol. The zero-order chi connectivity index (χ0) is 23.0. The highest BCUT2D eigenvalue weighted by Gasteiger charge is 2.30. The number of hydrogen-bond donors (Lipinski definition) is 0. The molecule has 164 valence electrons. The van der Waals surface area contributed by atoms with Crippen molar-refractivity contribution in [3.63, 3.8) is 0 Å². The number of aromatic nitrogens is 2. The van der Waals surface area contributed by atoms with Crippen LogP contribution in [0.5, 0.6) is 0 Å². The highest BCUT2D eigenvalue weighted by atomic mass is 35.5. The van der Waals surface area contributed by atoms with E-state index in [2.05, 4.69) is 49.7 Å². The lowest BCUT2D eigenvalue weighted by atomic mass is 10.0. The monoisotopic (exact) mass is 482 g/mol. The van der Waals surface area contributed by atoms with E-state index in [1.54, 1.807) is 6.07 Å².